The fourth-order valence-corrected chi connectivity index (χ4v) is 2.05. The van der Waals surface area contributed by atoms with E-state index in [9.17, 15) is 4.39 Å². The fraction of sp³-hybridized carbons (Fsp3) is 0.500. The highest BCUT2D eigenvalue weighted by atomic mass is 79.9. The molecule has 16 heavy (non-hydrogen) atoms. The first-order valence-electron chi connectivity index (χ1n) is 5.46. The summed E-state index contributed by atoms with van der Waals surface area (Å²) in [4.78, 5) is 2.17. The molecule has 0 unspecified atom stereocenters. The van der Waals surface area contributed by atoms with E-state index in [0.717, 1.165) is 36.2 Å². The number of rotatable bonds is 6. The number of likely N-dealkylation sites (N-methyl/N-ethyl adjacent to an activating group) is 2. The van der Waals surface area contributed by atoms with Gasteiger partial charge in [-0.05, 0) is 37.4 Å². The van der Waals surface area contributed by atoms with Crippen molar-refractivity contribution >= 4 is 15.9 Å². The summed E-state index contributed by atoms with van der Waals surface area (Å²) in [5, 5.41) is 3.26. The minimum atomic E-state index is -0.190. The summed E-state index contributed by atoms with van der Waals surface area (Å²) < 4.78 is 13.9. The Kier molecular flexibility index (Phi) is 5.95. The molecule has 0 aromatic heterocycles. The average molecular weight is 289 g/mol. The highest BCUT2D eigenvalue weighted by Gasteiger charge is 2.02. The number of nitrogens with zero attached hydrogens (tertiary/aromatic N) is 1. The second kappa shape index (κ2) is 6.99. The summed E-state index contributed by atoms with van der Waals surface area (Å²) in [6.45, 7) is 5.76. The van der Waals surface area contributed by atoms with Crippen LogP contribution in [0.25, 0.3) is 0 Å². The van der Waals surface area contributed by atoms with Crippen LogP contribution in [-0.4, -0.2) is 31.6 Å². The topological polar surface area (TPSA) is 15.3 Å². The zero-order valence-corrected chi connectivity index (χ0v) is 11.3. The molecule has 0 atom stereocenters. The monoisotopic (exact) mass is 288 g/mol. The predicted octanol–water partition coefficient (Wildman–Crippen LogP) is 2.63. The third-order valence-corrected chi connectivity index (χ3v) is 2.75. The van der Waals surface area contributed by atoms with Gasteiger partial charge < -0.3 is 10.2 Å². The molecule has 0 amide bonds. The van der Waals surface area contributed by atoms with Crippen LogP contribution in [0.2, 0.25) is 0 Å². The number of halogens is 2. The molecule has 1 rings (SSSR count). The second-order valence-electron chi connectivity index (χ2n) is 3.87. The largest absolute Gasteiger partial charge is 0.316 e. The van der Waals surface area contributed by atoms with Gasteiger partial charge in [0.25, 0.3) is 0 Å². The van der Waals surface area contributed by atoms with Gasteiger partial charge in [0, 0.05) is 24.1 Å². The number of nitrogens with one attached hydrogen (secondary N) is 1. The quantitative estimate of drug-likeness (QED) is 0.810. The lowest BCUT2D eigenvalue weighted by atomic mass is 10.2. The van der Waals surface area contributed by atoms with E-state index in [4.69, 9.17) is 0 Å². The zero-order valence-electron chi connectivity index (χ0n) is 9.76. The normalized spacial score (nSPS) is 11.1. The van der Waals surface area contributed by atoms with Gasteiger partial charge in [0.2, 0.25) is 0 Å². The molecule has 0 aliphatic carbocycles. The van der Waals surface area contributed by atoms with Gasteiger partial charge in [0.15, 0.2) is 0 Å². The van der Waals surface area contributed by atoms with Crippen molar-refractivity contribution in [1.29, 1.82) is 0 Å². The van der Waals surface area contributed by atoms with Crippen molar-refractivity contribution < 1.29 is 4.39 Å². The maximum Gasteiger partial charge on any atom is 0.124 e. The number of hydrogen-bond donors (Lipinski definition) is 1. The Morgan fingerprint density at radius 1 is 1.38 bits per heavy atom. The van der Waals surface area contributed by atoms with Crippen LogP contribution in [-0.2, 0) is 6.54 Å². The average Bonchev–Trinajstić information content (AvgIpc) is 2.16. The Balaban J connectivity index is 2.45. The predicted molar refractivity (Wildman–Crippen MR) is 69.0 cm³/mol. The van der Waals surface area contributed by atoms with Crippen LogP contribution < -0.4 is 5.32 Å². The van der Waals surface area contributed by atoms with Gasteiger partial charge in [-0.25, -0.2) is 4.39 Å². The van der Waals surface area contributed by atoms with Gasteiger partial charge >= 0.3 is 0 Å². The molecule has 90 valence electrons. The van der Waals surface area contributed by atoms with Crippen LogP contribution in [0.5, 0.6) is 0 Å². The highest BCUT2D eigenvalue weighted by Crippen LogP contribution is 2.15. The van der Waals surface area contributed by atoms with E-state index in [2.05, 4.69) is 33.1 Å². The van der Waals surface area contributed by atoms with E-state index in [-0.39, 0.29) is 5.82 Å². The molecule has 0 bridgehead atoms. The van der Waals surface area contributed by atoms with Crippen LogP contribution in [0, 0.1) is 5.82 Å². The third kappa shape index (κ3) is 5.05. The maximum absolute atomic E-state index is 13.1. The first-order chi connectivity index (χ1) is 7.61. The molecule has 0 aliphatic rings. The van der Waals surface area contributed by atoms with Crippen molar-refractivity contribution in [3.8, 4) is 0 Å². The summed E-state index contributed by atoms with van der Waals surface area (Å²) >= 11 is 3.30. The lowest BCUT2D eigenvalue weighted by Crippen LogP contribution is -2.28. The van der Waals surface area contributed by atoms with Crippen LogP contribution in [0.4, 0.5) is 4.39 Å². The lowest BCUT2D eigenvalue weighted by Gasteiger charge is -2.17. The number of benzene rings is 1. The Labute approximate surface area is 105 Å². The van der Waals surface area contributed by atoms with E-state index in [0.29, 0.717) is 0 Å². The van der Waals surface area contributed by atoms with Crippen molar-refractivity contribution in [2.75, 3.05) is 26.7 Å². The smallest absolute Gasteiger partial charge is 0.124 e. The maximum atomic E-state index is 13.1. The first kappa shape index (κ1) is 13.6. The van der Waals surface area contributed by atoms with Gasteiger partial charge in [0.05, 0.1) is 0 Å². The van der Waals surface area contributed by atoms with Crippen molar-refractivity contribution in [3.05, 3.63) is 34.1 Å². The molecule has 0 spiro atoms. The molecule has 4 heteroatoms. The van der Waals surface area contributed by atoms with Crippen LogP contribution in [0.1, 0.15) is 12.5 Å². The third-order valence-electron chi connectivity index (χ3n) is 2.30. The van der Waals surface area contributed by atoms with Crippen LogP contribution in [0.15, 0.2) is 22.7 Å². The zero-order chi connectivity index (χ0) is 12.0. The molecule has 1 aromatic carbocycles. The summed E-state index contributed by atoms with van der Waals surface area (Å²) in [6.07, 6.45) is 0. The Bertz CT molecular complexity index is 311. The molecule has 0 heterocycles. The molecule has 1 N–H and O–H groups in total. The molecule has 2 nitrogen and oxygen atoms in total. The Morgan fingerprint density at radius 2 is 2.12 bits per heavy atom. The van der Waals surface area contributed by atoms with E-state index in [1.165, 1.54) is 6.07 Å². The van der Waals surface area contributed by atoms with E-state index in [1.54, 1.807) is 6.07 Å². The minimum Gasteiger partial charge on any atom is -0.316 e. The van der Waals surface area contributed by atoms with Crippen LogP contribution >= 0.6 is 15.9 Å². The molecular formula is C12H18BrFN2. The Hall–Kier alpha value is -0.450. The second-order valence-corrected chi connectivity index (χ2v) is 4.78. The van der Waals surface area contributed by atoms with Gasteiger partial charge in [-0.2, -0.15) is 0 Å². The molecule has 0 aliphatic heterocycles. The SMILES string of the molecule is CCNCCN(C)Cc1cc(F)cc(Br)c1. The van der Waals surface area contributed by atoms with E-state index in [1.807, 2.05) is 13.1 Å². The fourth-order valence-electron chi connectivity index (χ4n) is 1.54. The summed E-state index contributed by atoms with van der Waals surface area (Å²) in [7, 11) is 2.04. The van der Waals surface area contributed by atoms with Gasteiger partial charge in [-0.3, -0.25) is 0 Å². The Morgan fingerprint density at radius 3 is 2.75 bits per heavy atom. The first-order valence-corrected chi connectivity index (χ1v) is 6.25. The lowest BCUT2D eigenvalue weighted by molar-refractivity contribution is 0.325. The standard InChI is InChI=1S/C12H18BrFN2/c1-3-15-4-5-16(2)9-10-6-11(13)8-12(14)7-10/h6-8,15H,3-5,9H2,1-2H3. The van der Waals surface area contributed by atoms with Gasteiger partial charge in [0.1, 0.15) is 5.82 Å². The summed E-state index contributed by atoms with van der Waals surface area (Å²) in [6, 6.07) is 5.00. The molecule has 1 aromatic rings. The molecular weight excluding hydrogens is 271 g/mol. The molecule has 0 saturated carbocycles. The molecule has 0 fully saturated rings. The number of hydrogen-bond acceptors (Lipinski definition) is 2. The van der Waals surface area contributed by atoms with Crippen LogP contribution in [0.3, 0.4) is 0 Å². The van der Waals surface area contributed by atoms with Crippen molar-refractivity contribution in [2.24, 2.45) is 0 Å². The molecule has 0 radical (unpaired) electrons. The van der Waals surface area contributed by atoms with Crippen molar-refractivity contribution in [3.63, 3.8) is 0 Å². The van der Waals surface area contributed by atoms with Gasteiger partial charge in [-0.15, -0.1) is 0 Å². The van der Waals surface area contributed by atoms with Gasteiger partial charge in [-0.1, -0.05) is 22.9 Å². The van der Waals surface area contributed by atoms with E-state index >= 15 is 0 Å². The molecule has 0 saturated heterocycles. The highest BCUT2D eigenvalue weighted by molar-refractivity contribution is 9.10. The van der Waals surface area contributed by atoms with Crippen molar-refractivity contribution in [1.82, 2.24) is 10.2 Å². The van der Waals surface area contributed by atoms with E-state index < -0.39 is 0 Å². The summed E-state index contributed by atoms with van der Waals surface area (Å²) in [5.41, 5.74) is 0.992. The minimum absolute atomic E-state index is 0.190. The summed E-state index contributed by atoms with van der Waals surface area (Å²) in [5.74, 6) is -0.190. The van der Waals surface area contributed by atoms with Crippen molar-refractivity contribution in [2.45, 2.75) is 13.5 Å².